The van der Waals surface area contributed by atoms with Gasteiger partial charge in [-0.15, -0.1) is 0 Å². The minimum absolute atomic E-state index is 0.0300. The lowest BCUT2D eigenvalue weighted by atomic mass is 10.0. The molecular weight excluding hydrogens is 369 g/mol. The van der Waals surface area contributed by atoms with E-state index >= 15 is 0 Å². The quantitative estimate of drug-likeness (QED) is 0.698. The number of halogens is 1. The zero-order chi connectivity index (χ0) is 20.1. The Labute approximate surface area is 169 Å². The van der Waals surface area contributed by atoms with Crippen molar-refractivity contribution in [1.82, 2.24) is 20.4 Å². The zero-order valence-corrected chi connectivity index (χ0v) is 16.1. The van der Waals surface area contributed by atoms with Gasteiger partial charge in [-0.3, -0.25) is 0 Å². The van der Waals surface area contributed by atoms with E-state index in [4.69, 9.17) is 0 Å². The van der Waals surface area contributed by atoms with E-state index in [0.717, 1.165) is 36.3 Å². The molecule has 0 aliphatic carbocycles. The van der Waals surface area contributed by atoms with Crippen LogP contribution in [0.2, 0.25) is 0 Å². The maximum absolute atomic E-state index is 13.5. The number of carbonyl (C=O) groups excluding carboxylic acids is 1. The summed E-state index contributed by atoms with van der Waals surface area (Å²) in [6.45, 7) is 1.97. The van der Waals surface area contributed by atoms with E-state index in [1.807, 2.05) is 42.6 Å². The average Bonchev–Trinajstić information content (AvgIpc) is 3.28. The Bertz CT molecular complexity index is 959. The van der Waals surface area contributed by atoms with Crippen LogP contribution in [0.15, 0.2) is 67.0 Å². The molecule has 0 saturated carbocycles. The molecule has 7 heteroatoms. The largest absolute Gasteiger partial charge is 0.369 e. The van der Waals surface area contributed by atoms with E-state index in [0.29, 0.717) is 13.1 Å². The van der Waals surface area contributed by atoms with E-state index in [2.05, 4.69) is 20.6 Å². The summed E-state index contributed by atoms with van der Waals surface area (Å²) in [6, 6.07) is 16.2. The van der Waals surface area contributed by atoms with Gasteiger partial charge < -0.3 is 15.5 Å². The van der Waals surface area contributed by atoms with Gasteiger partial charge in [-0.05, 0) is 54.8 Å². The molecule has 4 rings (SSSR count). The van der Waals surface area contributed by atoms with Crippen LogP contribution in [0.5, 0.6) is 0 Å². The van der Waals surface area contributed by atoms with Crippen molar-refractivity contribution in [2.24, 2.45) is 0 Å². The molecule has 1 aromatic heterocycles. The molecule has 2 heterocycles. The van der Waals surface area contributed by atoms with Gasteiger partial charge in [0.2, 0.25) is 0 Å². The molecule has 1 aliphatic rings. The number of benzene rings is 2. The highest BCUT2D eigenvalue weighted by Crippen LogP contribution is 2.20. The number of nitrogens with one attached hydrogen (secondary N) is 2. The molecule has 2 N–H and O–H groups in total. The van der Waals surface area contributed by atoms with Gasteiger partial charge in [-0.1, -0.05) is 18.2 Å². The van der Waals surface area contributed by atoms with Crippen molar-refractivity contribution in [2.45, 2.75) is 25.4 Å². The predicted molar refractivity (Wildman–Crippen MR) is 111 cm³/mol. The third-order valence-electron chi connectivity index (χ3n) is 5.06. The normalized spacial score (nSPS) is 16.4. The number of carbonyl (C=O) groups is 1. The fourth-order valence-corrected chi connectivity index (χ4v) is 3.65. The topological polar surface area (TPSA) is 62.2 Å². The van der Waals surface area contributed by atoms with Gasteiger partial charge in [-0.25, -0.2) is 13.9 Å². The highest BCUT2D eigenvalue weighted by Gasteiger charge is 2.21. The Hall–Kier alpha value is -3.35. The summed E-state index contributed by atoms with van der Waals surface area (Å²) in [5.41, 5.74) is 2.80. The Morgan fingerprint density at radius 1 is 1.14 bits per heavy atom. The molecule has 2 amide bonds. The number of rotatable bonds is 5. The summed E-state index contributed by atoms with van der Waals surface area (Å²) in [5.74, 6) is -0.243. The first kappa shape index (κ1) is 19.0. The number of hydrogen-bond acceptors (Lipinski definition) is 3. The van der Waals surface area contributed by atoms with Crippen LogP contribution in [-0.4, -0.2) is 34.9 Å². The van der Waals surface area contributed by atoms with Gasteiger partial charge in [0, 0.05) is 43.8 Å². The van der Waals surface area contributed by atoms with E-state index in [1.165, 1.54) is 12.1 Å². The lowest BCUT2D eigenvalue weighted by molar-refractivity contribution is 0.234. The molecule has 2 aromatic carbocycles. The van der Waals surface area contributed by atoms with E-state index < -0.39 is 0 Å². The number of urea groups is 1. The van der Waals surface area contributed by atoms with Gasteiger partial charge in [0.1, 0.15) is 5.82 Å². The van der Waals surface area contributed by atoms with Crippen molar-refractivity contribution in [3.63, 3.8) is 0 Å². The molecule has 3 aromatic rings. The minimum atomic E-state index is -0.243. The number of piperidine rings is 1. The Balaban J connectivity index is 1.30. The van der Waals surface area contributed by atoms with Crippen molar-refractivity contribution < 1.29 is 9.18 Å². The number of anilines is 1. The van der Waals surface area contributed by atoms with Gasteiger partial charge in [0.25, 0.3) is 0 Å². The summed E-state index contributed by atoms with van der Waals surface area (Å²) in [4.78, 5) is 14.5. The SMILES string of the molecule is O=C(NCc1cccc(-n2cccn2)c1)NC1CCCN(c2cccc(F)c2)C1. The van der Waals surface area contributed by atoms with Crippen molar-refractivity contribution >= 4 is 11.7 Å². The summed E-state index contributed by atoms with van der Waals surface area (Å²) in [5, 5.41) is 10.2. The van der Waals surface area contributed by atoms with Gasteiger partial charge >= 0.3 is 6.03 Å². The maximum atomic E-state index is 13.5. The third-order valence-corrected chi connectivity index (χ3v) is 5.06. The molecule has 1 aliphatic heterocycles. The molecule has 1 fully saturated rings. The van der Waals surface area contributed by atoms with E-state index in [9.17, 15) is 9.18 Å². The predicted octanol–water partition coefficient (Wildman–Crippen LogP) is 3.48. The van der Waals surface area contributed by atoms with Crippen LogP contribution < -0.4 is 15.5 Å². The Kier molecular flexibility index (Phi) is 5.74. The van der Waals surface area contributed by atoms with Crippen molar-refractivity contribution in [3.05, 3.63) is 78.4 Å². The van der Waals surface area contributed by atoms with Crippen LogP contribution in [0, 0.1) is 5.82 Å². The summed E-state index contributed by atoms with van der Waals surface area (Å²) >= 11 is 0. The number of nitrogens with zero attached hydrogens (tertiary/aromatic N) is 3. The van der Waals surface area contributed by atoms with Crippen LogP contribution in [0.25, 0.3) is 5.69 Å². The fraction of sp³-hybridized carbons (Fsp3) is 0.273. The first-order valence-electron chi connectivity index (χ1n) is 9.81. The second-order valence-electron chi connectivity index (χ2n) is 7.21. The molecule has 150 valence electrons. The maximum Gasteiger partial charge on any atom is 0.315 e. The summed E-state index contributed by atoms with van der Waals surface area (Å²) in [7, 11) is 0. The monoisotopic (exact) mass is 393 g/mol. The lowest BCUT2D eigenvalue weighted by Gasteiger charge is -2.34. The van der Waals surface area contributed by atoms with Gasteiger partial charge in [0.05, 0.1) is 5.69 Å². The molecule has 6 nitrogen and oxygen atoms in total. The third kappa shape index (κ3) is 4.93. The molecule has 29 heavy (non-hydrogen) atoms. The average molecular weight is 393 g/mol. The number of aromatic nitrogens is 2. The molecule has 0 spiro atoms. The smallest absolute Gasteiger partial charge is 0.315 e. The molecule has 1 atom stereocenters. The molecule has 1 saturated heterocycles. The van der Waals surface area contributed by atoms with Crippen LogP contribution in [0.3, 0.4) is 0 Å². The number of amides is 2. The highest BCUT2D eigenvalue weighted by atomic mass is 19.1. The highest BCUT2D eigenvalue weighted by molar-refractivity contribution is 5.74. The zero-order valence-electron chi connectivity index (χ0n) is 16.1. The first-order chi connectivity index (χ1) is 14.2. The lowest BCUT2D eigenvalue weighted by Crippen LogP contribution is -2.50. The fourth-order valence-electron chi connectivity index (χ4n) is 3.65. The summed E-state index contributed by atoms with van der Waals surface area (Å²) < 4.78 is 15.3. The molecular formula is C22H24FN5O. The van der Waals surface area contributed by atoms with Crippen molar-refractivity contribution in [3.8, 4) is 5.69 Å². The Morgan fingerprint density at radius 2 is 2.00 bits per heavy atom. The van der Waals surface area contributed by atoms with Crippen molar-refractivity contribution in [1.29, 1.82) is 0 Å². The van der Waals surface area contributed by atoms with Crippen LogP contribution in [0.4, 0.5) is 14.9 Å². The molecule has 0 bridgehead atoms. The van der Waals surface area contributed by atoms with Crippen LogP contribution >= 0.6 is 0 Å². The van der Waals surface area contributed by atoms with E-state index in [-0.39, 0.29) is 17.9 Å². The van der Waals surface area contributed by atoms with Crippen molar-refractivity contribution in [2.75, 3.05) is 18.0 Å². The van der Waals surface area contributed by atoms with Crippen LogP contribution in [-0.2, 0) is 6.54 Å². The standard InChI is InChI=1S/C22H24FN5O/c23-18-6-2-8-20(14-18)27-11-3-7-19(16-27)26-22(29)24-15-17-5-1-9-21(13-17)28-12-4-10-25-28/h1-2,4-6,8-10,12-14,19H,3,7,11,15-16H2,(H2,24,26,29). The number of hydrogen-bond donors (Lipinski definition) is 2. The summed E-state index contributed by atoms with van der Waals surface area (Å²) in [6.07, 6.45) is 5.48. The molecule has 1 unspecified atom stereocenters. The van der Waals surface area contributed by atoms with Crippen LogP contribution in [0.1, 0.15) is 18.4 Å². The first-order valence-corrected chi connectivity index (χ1v) is 9.81. The minimum Gasteiger partial charge on any atom is -0.369 e. The second kappa shape index (κ2) is 8.77. The van der Waals surface area contributed by atoms with Gasteiger partial charge in [-0.2, -0.15) is 5.10 Å². The Morgan fingerprint density at radius 3 is 2.83 bits per heavy atom. The molecule has 0 radical (unpaired) electrons. The second-order valence-corrected chi connectivity index (χ2v) is 7.21. The van der Waals surface area contributed by atoms with E-state index in [1.54, 1.807) is 16.9 Å². The van der Waals surface area contributed by atoms with Gasteiger partial charge in [0.15, 0.2) is 0 Å².